The molecule has 136 valence electrons. The van der Waals surface area contributed by atoms with E-state index in [4.69, 9.17) is 4.52 Å². The van der Waals surface area contributed by atoms with E-state index in [1.807, 2.05) is 14.0 Å². The van der Waals surface area contributed by atoms with E-state index in [-0.39, 0.29) is 18.1 Å². The van der Waals surface area contributed by atoms with E-state index in [0.29, 0.717) is 23.1 Å². The van der Waals surface area contributed by atoms with E-state index < -0.39 is 0 Å². The maximum Gasteiger partial charge on any atom is 0.273 e. The zero-order valence-corrected chi connectivity index (χ0v) is 14.5. The molecule has 0 aliphatic rings. The molecule has 0 atom stereocenters. The lowest BCUT2D eigenvalue weighted by Crippen LogP contribution is -2.23. The average Bonchev–Trinajstić information content (AvgIpc) is 3.42. The first kappa shape index (κ1) is 16.6. The van der Waals surface area contributed by atoms with Crippen LogP contribution in [0.5, 0.6) is 0 Å². The van der Waals surface area contributed by atoms with Gasteiger partial charge in [-0.25, -0.2) is 9.97 Å². The number of nitrogens with one attached hydrogen (secondary N) is 2. The van der Waals surface area contributed by atoms with Gasteiger partial charge in [0.05, 0.1) is 24.5 Å². The van der Waals surface area contributed by atoms with Crippen molar-refractivity contribution in [1.82, 2.24) is 45.4 Å². The molecule has 11 nitrogen and oxygen atoms in total. The number of carbonyl (C=O) groups excluding carboxylic acids is 1. The van der Waals surface area contributed by atoms with Gasteiger partial charge >= 0.3 is 0 Å². The standard InChI is InChI=1S/C16H15N9O2/c1-9-10(6-20-25(9)2)13-5-11(24-27-13)16(26)19-8-14-21-15(23-22-14)12-7-17-3-4-18-12/h3-7H,8H2,1-2H3,(H,19,26)(H,21,22,23). The van der Waals surface area contributed by atoms with Crippen molar-refractivity contribution in [1.29, 1.82) is 0 Å². The summed E-state index contributed by atoms with van der Waals surface area (Å²) in [5.41, 5.74) is 2.41. The zero-order chi connectivity index (χ0) is 18.8. The number of hydrogen-bond acceptors (Lipinski definition) is 8. The minimum absolute atomic E-state index is 0.153. The Kier molecular flexibility index (Phi) is 4.16. The maximum absolute atomic E-state index is 12.3. The quantitative estimate of drug-likeness (QED) is 0.531. The summed E-state index contributed by atoms with van der Waals surface area (Å²) in [5, 5.41) is 17.5. The first-order valence-corrected chi connectivity index (χ1v) is 8.03. The molecule has 11 heteroatoms. The van der Waals surface area contributed by atoms with Gasteiger partial charge in [-0.05, 0) is 6.92 Å². The smallest absolute Gasteiger partial charge is 0.273 e. The molecule has 0 spiro atoms. The second-order valence-electron chi connectivity index (χ2n) is 5.72. The number of hydrogen-bond donors (Lipinski definition) is 2. The van der Waals surface area contributed by atoms with Gasteiger partial charge in [0, 0.05) is 31.2 Å². The molecule has 2 N–H and O–H groups in total. The molecule has 1 amide bonds. The molecule has 0 bridgehead atoms. The SMILES string of the molecule is Cc1c(-c2cc(C(=O)NCc3nc(-c4cnccn4)n[nH]3)no2)cnn1C. The number of aromatic amines is 1. The van der Waals surface area contributed by atoms with Crippen LogP contribution in [0.3, 0.4) is 0 Å². The van der Waals surface area contributed by atoms with Gasteiger partial charge in [0.1, 0.15) is 11.5 Å². The van der Waals surface area contributed by atoms with Crippen LogP contribution in [-0.4, -0.2) is 46.0 Å². The zero-order valence-electron chi connectivity index (χ0n) is 14.5. The highest BCUT2D eigenvalue weighted by Crippen LogP contribution is 2.23. The molecular formula is C16H15N9O2. The summed E-state index contributed by atoms with van der Waals surface area (Å²) in [6, 6.07) is 1.57. The normalized spacial score (nSPS) is 10.9. The summed E-state index contributed by atoms with van der Waals surface area (Å²) in [4.78, 5) is 24.7. The van der Waals surface area contributed by atoms with E-state index in [2.05, 4.69) is 40.7 Å². The number of aromatic nitrogens is 8. The van der Waals surface area contributed by atoms with Crippen LogP contribution in [0.2, 0.25) is 0 Å². The minimum Gasteiger partial charge on any atom is -0.355 e. The molecule has 0 radical (unpaired) electrons. The number of amides is 1. The molecule has 4 heterocycles. The van der Waals surface area contributed by atoms with Crippen LogP contribution in [0.15, 0.2) is 35.4 Å². The summed E-state index contributed by atoms with van der Waals surface area (Å²) in [5.74, 6) is 0.985. The molecule has 4 rings (SSSR count). The van der Waals surface area contributed by atoms with E-state index in [1.165, 1.54) is 0 Å². The Morgan fingerprint density at radius 1 is 1.33 bits per heavy atom. The van der Waals surface area contributed by atoms with Crippen LogP contribution in [0.1, 0.15) is 22.0 Å². The number of nitrogens with zero attached hydrogens (tertiary/aromatic N) is 7. The predicted molar refractivity (Wildman–Crippen MR) is 92.0 cm³/mol. The number of H-pyrrole nitrogens is 1. The van der Waals surface area contributed by atoms with Crippen LogP contribution in [-0.2, 0) is 13.6 Å². The van der Waals surface area contributed by atoms with Gasteiger partial charge in [0.2, 0.25) is 5.82 Å². The van der Waals surface area contributed by atoms with Gasteiger partial charge in [-0.2, -0.15) is 10.2 Å². The van der Waals surface area contributed by atoms with Crippen molar-refractivity contribution in [2.24, 2.45) is 7.05 Å². The lowest BCUT2D eigenvalue weighted by molar-refractivity contribution is 0.0941. The fourth-order valence-electron chi connectivity index (χ4n) is 2.41. The summed E-state index contributed by atoms with van der Waals surface area (Å²) in [6.45, 7) is 2.06. The molecule has 4 aromatic heterocycles. The van der Waals surface area contributed by atoms with Crippen LogP contribution in [0.4, 0.5) is 0 Å². The summed E-state index contributed by atoms with van der Waals surface area (Å²) >= 11 is 0. The highest BCUT2D eigenvalue weighted by Gasteiger charge is 2.17. The number of carbonyl (C=O) groups is 1. The van der Waals surface area contributed by atoms with E-state index in [0.717, 1.165) is 11.3 Å². The highest BCUT2D eigenvalue weighted by molar-refractivity contribution is 5.93. The van der Waals surface area contributed by atoms with Gasteiger partial charge in [-0.3, -0.25) is 19.6 Å². The molecule has 0 unspecified atom stereocenters. The van der Waals surface area contributed by atoms with Gasteiger partial charge in [-0.1, -0.05) is 5.16 Å². The Morgan fingerprint density at radius 3 is 2.96 bits per heavy atom. The van der Waals surface area contributed by atoms with Gasteiger partial charge in [0.25, 0.3) is 5.91 Å². The molecule has 0 aliphatic heterocycles. The Balaban J connectivity index is 1.42. The first-order chi connectivity index (χ1) is 13.1. The fourth-order valence-corrected chi connectivity index (χ4v) is 2.41. The summed E-state index contributed by atoms with van der Waals surface area (Å²) < 4.78 is 6.98. The van der Waals surface area contributed by atoms with Gasteiger partial charge in [-0.15, -0.1) is 0 Å². The van der Waals surface area contributed by atoms with Gasteiger partial charge in [0.15, 0.2) is 11.5 Å². The van der Waals surface area contributed by atoms with Crippen molar-refractivity contribution in [2.75, 3.05) is 0 Å². The first-order valence-electron chi connectivity index (χ1n) is 8.03. The van der Waals surface area contributed by atoms with Crippen LogP contribution >= 0.6 is 0 Å². The molecule has 0 saturated heterocycles. The van der Waals surface area contributed by atoms with E-state index in [9.17, 15) is 4.79 Å². The average molecular weight is 365 g/mol. The summed E-state index contributed by atoms with van der Waals surface area (Å²) in [7, 11) is 1.83. The van der Waals surface area contributed by atoms with Crippen LogP contribution in [0, 0.1) is 6.92 Å². The van der Waals surface area contributed by atoms with E-state index in [1.54, 1.807) is 35.5 Å². The number of aryl methyl sites for hydroxylation is 1. The summed E-state index contributed by atoms with van der Waals surface area (Å²) in [6.07, 6.45) is 6.35. The Bertz CT molecular complexity index is 1080. The maximum atomic E-state index is 12.3. The predicted octanol–water partition coefficient (Wildman–Crippen LogP) is 0.889. The number of rotatable bonds is 5. The second-order valence-corrected chi connectivity index (χ2v) is 5.72. The highest BCUT2D eigenvalue weighted by atomic mass is 16.5. The Morgan fingerprint density at radius 2 is 2.22 bits per heavy atom. The molecule has 0 aliphatic carbocycles. The van der Waals surface area contributed by atoms with Crippen molar-refractivity contribution in [3.8, 4) is 22.8 Å². The lowest BCUT2D eigenvalue weighted by atomic mass is 10.2. The largest absolute Gasteiger partial charge is 0.355 e. The second kappa shape index (κ2) is 6.78. The van der Waals surface area contributed by atoms with Crippen molar-refractivity contribution in [3.05, 3.63) is 48.1 Å². The van der Waals surface area contributed by atoms with Crippen molar-refractivity contribution >= 4 is 5.91 Å². The fraction of sp³-hybridized carbons (Fsp3) is 0.188. The van der Waals surface area contributed by atoms with Crippen LogP contribution in [0.25, 0.3) is 22.8 Å². The van der Waals surface area contributed by atoms with Gasteiger partial charge < -0.3 is 9.84 Å². The molecular weight excluding hydrogens is 350 g/mol. The monoisotopic (exact) mass is 365 g/mol. The topological polar surface area (TPSA) is 140 Å². The van der Waals surface area contributed by atoms with Crippen molar-refractivity contribution < 1.29 is 9.32 Å². The Hall–Kier alpha value is -3.89. The third kappa shape index (κ3) is 3.29. The van der Waals surface area contributed by atoms with Crippen LogP contribution < -0.4 is 5.32 Å². The Labute approximate surface area is 152 Å². The minimum atomic E-state index is -0.385. The molecule has 27 heavy (non-hydrogen) atoms. The van der Waals surface area contributed by atoms with E-state index >= 15 is 0 Å². The van der Waals surface area contributed by atoms with Crippen molar-refractivity contribution in [3.63, 3.8) is 0 Å². The molecule has 0 saturated carbocycles. The van der Waals surface area contributed by atoms with Crippen molar-refractivity contribution in [2.45, 2.75) is 13.5 Å². The molecule has 0 aromatic carbocycles. The molecule has 4 aromatic rings. The third-order valence-corrected chi connectivity index (χ3v) is 3.98. The third-order valence-electron chi connectivity index (χ3n) is 3.98. The lowest BCUT2D eigenvalue weighted by Gasteiger charge is -1.98. The molecule has 0 fully saturated rings.